The molecule has 3 aliphatic rings. The first kappa shape index (κ1) is 43.2. The van der Waals surface area contributed by atoms with E-state index in [0.29, 0.717) is 43.5 Å². The average molecular weight is 854 g/mol. The lowest BCUT2D eigenvalue weighted by Gasteiger charge is -2.36. The Morgan fingerprint density at radius 3 is 2.49 bits per heavy atom. The minimum absolute atomic E-state index is 0.0718. The number of ether oxygens (including phenoxy) is 1. The van der Waals surface area contributed by atoms with E-state index >= 15 is 0 Å². The number of nitrogens with zero attached hydrogens (tertiary/aromatic N) is 7. The van der Waals surface area contributed by atoms with Crippen LogP contribution >= 0.6 is 0 Å². The molecule has 0 spiro atoms. The lowest BCUT2D eigenvalue weighted by molar-refractivity contribution is -0.136. The van der Waals surface area contributed by atoms with E-state index in [1.807, 2.05) is 18.5 Å². The molecular weight excluding hydrogens is 799 g/mol. The smallest absolute Gasteiger partial charge is 0.264 e. The number of benzene rings is 2. The summed E-state index contributed by atoms with van der Waals surface area (Å²) >= 11 is 0. The molecule has 5 aromatic rings. The van der Waals surface area contributed by atoms with Crippen LogP contribution in [0.5, 0.6) is 0 Å². The third kappa shape index (κ3) is 9.50. The highest BCUT2D eigenvalue weighted by atomic mass is 16.5. The van der Waals surface area contributed by atoms with Gasteiger partial charge in [0.25, 0.3) is 11.8 Å². The van der Waals surface area contributed by atoms with Gasteiger partial charge in [0.1, 0.15) is 11.7 Å². The largest absolute Gasteiger partial charge is 0.379 e. The molecule has 2 unspecified atom stereocenters. The molecule has 2 fully saturated rings. The number of likely N-dealkylation sites (tertiary alicyclic amines) is 1. The summed E-state index contributed by atoms with van der Waals surface area (Å²) in [5.41, 5.74) is 4.87. The van der Waals surface area contributed by atoms with Crippen LogP contribution in [0.15, 0.2) is 67.1 Å². The van der Waals surface area contributed by atoms with Gasteiger partial charge >= 0.3 is 0 Å². The number of aryl methyl sites for hydroxylation is 1. The topological polar surface area (TPSA) is 203 Å². The molecule has 4 N–H and O–H groups in total. The number of fused-ring (bicyclic) bond motifs is 2. The third-order valence-corrected chi connectivity index (χ3v) is 12.9. The fourth-order valence-corrected chi connectivity index (χ4v) is 8.77. The molecule has 0 saturated carbocycles. The summed E-state index contributed by atoms with van der Waals surface area (Å²) in [6.07, 6.45) is 10.6. The highest BCUT2D eigenvalue weighted by Crippen LogP contribution is 2.36. The minimum Gasteiger partial charge on any atom is -0.379 e. The molecule has 3 aromatic heterocycles. The van der Waals surface area contributed by atoms with Crippen LogP contribution < -0.4 is 16.0 Å². The Morgan fingerprint density at radius 1 is 0.952 bits per heavy atom. The van der Waals surface area contributed by atoms with Gasteiger partial charge in [0.15, 0.2) is 0 Å². The Hall–Kier alpha value is -6.44. The number of anilines is 3. The SMILES string of the molecule is CCC(C)(CCOC(C)(C)CCN1CCC(c2ccc(Nc3nc(-c4cnn(CCC#N)c4)c4cc[nH]c4n3)cc2)CC1)Nc1cccc2c1C(=O)N(C1CCC(=O)NC1=O)C2=O. The summed E-state index contributed by atoms with van der Waals surface area (Å²) in [4.78, 5) is 67.7. The Kier molecular flexibility index (Phi) is 12.4. The molecule has 16 heteroatoms. The zero-order chi connectivity index (χ0) is 44.3. The second kappa shape index (κ2) is 18.1. The summed E-state index contributed by atoms with van der Waals surface area (Å²) < 4.78 is 8.27. The van der Waals surface area contributed by atoms with Crippen LogP contribution in [0.2, 0.25) is 0 Å². The summed E-state index contributed by atoms with van der Waals surface area (Å²) in [6.45, 7) is 12.4. The van der Waals surface area contributed by atoms with E-state index in [1.54, 1.807) is 29.1 Å². The number of nitriles is 1. The molecule has 8 rings (SSSR count). The van der Waals surface area contributed by atoms with Crippen LogP contribution in [-0.2, 0) is 20.9 Å². The van der Waals surface area contributed by atoms with Gasteiger partial charge in [-0.1, -0.05) is 25.1 Å². The third-order valence-electron chi connectivity index (χ3n) is 12.9. The highest BCUT2D eigenvalue weighted by Gasteiger charge is 2.46. The molecule has 2 atom stereocenters. The molecule has 0 aliphatic carbocycles. The van der Waals surface area contributed by atoms with Gasteiger partial charge in [-0.05, 0) is 114 Å². The van der Waals surface area contributed by atoms with Crippen molar-refractivity contribution in [2.24, 2.45) is 0 Å². The number of H-pyrrole nitrogens is 1. The lowest BCUT2D eigenvalue weighted by atomic mass is 9.89. The Morgan fingerprint density at radius 2 is 1.75 bits per heavy atom. The van der Waals surface area contributed by atoms with Crippen molar-refractivity contribution in [3.8, 4) is 17.3 Å². The van der Waals surface area contributed by atoms with Crippen LogP contribution in [0.3, 0.4) is 0 Å². The summed E-state index contributed by atoms with van der Waals surface area (Å²) in [5, 5.41) is 23.5. The molecule has 4 amide bonds. The maximum absolute atomic E-state index is 13.7. The van der Waals surface area contributed by atoms with Gasteiger partial charge in [-0.25, -0.2) is 4.98 Å². The summed E-state index contributed by atoms with van der Waals surface area (Å²) in [6, 6.07) is 16.8. The number of nitrogens with one attached hydrogen (secondary N) is 4. The molecule has 16 nitrogen and oxygen atoms in total. The molecule has 0 radical (unpaired) electrons. The fraction of sp³-hybridized carbons (Fsp3) is 0.447. The Bertz CT molecular complexity index is 2550. The van der Waals surface area contributed by atoms with Crippen molar-refractivity contribution in [1.29, 1.82) is 5.26 Å². The van der Waals surface area contributed by atoms with E-state index in [-0.39, 0.29) is 29.6 Å². The van der Waals surface area contributed by atoms with Crippen molar-refractivity contribution >= 4 is 52.0 Å². The van der Waals surface area contributed by atoms with Crippen molar-refractivity contribution < 1.29 is 23.9 Å². The molecule has 3 aliphatic heterocycles. The van der Waals surface area contributed by atoms with E-state index in [9.17, 15) is 19.2 Å². The van der Waals surface area contributed by atoms with Crippen molar-refractivity contribution in [1.82, 2.24) is 39.8 Å². The van der Waals surface area contributed by atoms with Crippen LogP contribution in [0.25, 0.3) is 22.3 Å². The van der Waals surface area contributed by atoms with Gasteiger partial charge in [0, 0.05) is 59.8 Å². The molecule has 63 heavy (non-hydrogen) atoms. The van der Waals surface area contributed by atoms with E-state index in [4.69, 9.17) is 20.0 Å². The first-order valence-electron chi connectivity index (χ1n) is 21.9. The Labute approximate surface area is 366 Å². The zero-order valence-corrected chi connectivity index (χ0v) is 36.4. The standard InChI is InChI=1S/C47H55N11O5/c1-5-47(4,55-36-9-6-8-34-39(36)44(62)58(43(34)61)37-14-15-38(59)52-42(37)60)20-27-63-46(2,3)19-26-56-24-17-31(18-25-56)30-10-12-33(13-11-30)51-45-53-40(35-16-22-49-41(35)54-45)32-28-50-57(29-32)23-7-21-48/h6,8-13,16,22,28-29,31,37,55H,5,7,14-15,17-20,23-27H2,1-4H3,(H,52,59,60)(H2,49,51,53,54). The maximum Gasteiger partial charge on any atom is 0.264 e. The molecule has 328 valence electrons. The van der Waals surface area contributed by atoms with Crippen molar-refractivity contribution in [2.75, 3.05) is 36.9 Å². The molecule has 2 saturated heterocycles. The van der Waals surface area contributed by atoms with Crippen LogP contribution in [-0.4, -0.2) is 102 Å². The molecule has 0 bridgehead atoms. The minimum atomic E-state index is -1.01. The van der Waals surface area contributed by atoms with Gasteiger partial charge in [0.05, 0.1) is 47.7 Å². The number of amides is 4. The average Bonchev–Trinajstić information content (AvgIpc) is 4.01. The predicted molar refractivity (Wildman–Crippen MR) is 238 cm³/mol. The second-order valence-electron chi connectivity index (χ2n) is 17.7. The number of carbonyl (C=O) groups excluding carboxylic acids is 4. The van der Waals surface area contributed by atoms with E-state index < -0.39 is 35.2 Å². The number of aromatic nitrogens is 5. The first-order chi connectivity index (χ1) is 30.3. The fourth-order valence-electron chi connectivity index (χ4n) is 8.77. The highest BCUT2D eigenvalue weighted by molar-refractivity contribution is 6.25. The lowest BCUT2D eigenvalue weighted by Crippen LogP contribution is -2.54. The van der Waals surface area contributed by atoms with Crippen molar-refractivity contribution in [3.05, 3.63) is 83.8 Å². The van der Waals surface area contributed by atoms with Gasteiger partial charge in [-0.3, -0.25) is 34.1 Å². The summed E-state index contributed by atoms with van der Waals surface area (Å²) in [5.74, 6) is -1.11. The van der Waals surface area contributed by atoms with Crippen LogP contribution in [0.4, 0.5) is 17.3 Å². The van der Waals surface area contributed by atoms with Crippen LogP contribution in [0.1, 0.15) is 111 Å². The monoisotopic (exact) mass is 853 g/mol. The van der Waals surface area contributed by atoms with Gasteiger partial charge < -0.3 is 25.3 Å². The van der Waals surface area contributed by atoms with Crippen LogP contribution in [0, 0.1) is 11.3 Å². The van der Waals surface area contributed by atoms with Gasteiger partial charge in [0.2, 0.25) is 17.8 Å². The number of hydrogen-bond donors (Lipinski definition) is 4. The number of rotatable bonds is 17. The van der Waals surface area contributed by atoms with E-state index in [1.165, 1.54) is 5.56 Å². The van der Waals surface area contributed by atoms with Crippen molar-refractivity contribution in [3.63, 3.8) is 0 Å². The van der Waals surface area contributed by atoms with Gasteiger partial charge in [-0.2, -0.15) is 15.3 Å². The zero-order valence-electron chi connectivity index (χ0n) is 36.4. The first-order valence-corrected chi connectivity index (χ1v) is 21.9. The predicted octanol–water partition coefficient (Wildman–Crippen LogP) is 6.92. The van der Waals surface area contributed by atoms with Crippen molar-refractivity contribution in [2.45, 2.75) is 109 Å². The normalized spacial score (nSPS) is 18.3. The maximum atomic E-state index is 13.7. The summed E-state index contributed by atoms with van der Waals surface area (Å²) in [7, 11) is 0. The Balaban J connectivity index is 0.799. The number of piperidine rings is 2. The van der Waals surface area contributed by atoms with E-state index in [0.717, 1.165) is 78.2 Å². The number of aromatic amines is 1. The second-order valence-corrected chi connectivity index (χ2v) is 17.7. The molecule has 6 heterocycles. The quantitative estimate of drug-likeness (QED) is 0.0705. The van der Waals surface area contributed by atoms with Gasteiger partial charge in [-0.15, -0.1) is 0 Å². The molecule has 2 aromatic carbocycles. The number of carbonyl (C=O) groups is 4. The van der Waals surface area contributed by atoms with E-state index in [2.05, 4.69) is 89.0 Å². The number of imide groups is 2. The number of hydrogen-bond acceptors (Lipinski definition) is 12. The molecular formula is C47H55N11O5.